The number of nitrogens with zero attached hydrogens (tertiary/aromatic N) is 1. The Balaban J connectivity index is 1.93. The van der Waals surface area contributed by atoms with Gasteiger partial charge in [-0.3, -0.25) is 4.79 Å². The third-order valence-electron chi connectivity index (χ3n) is 3.27. The Morgan fingerprint density at radius 2 is 2.00 bits per heavy atom. The normalized spacial score (nSPS) is 15.5. The molecule has 0 saturated carbocycles. The van der Waals surface area contributed by atoms with Crippen LogP contribution in [0.15, 0.2) is 53.2 Å². The molecule has 116 valence electrons. The van der Waals surface area contributed by atoms with Crippen molar-refractivity contribution in [1.29, 1.82) is 0 Å². The first-order valence-electron chi connectivity index (χ1n) is 6.78. The fourth-order valence-electron chi connectivity index (χ4n) is 2.17. The Bertz CT molecular complexity index is 844. The second-order valence-electron chi connectivity index (χ2n) is 4.85. The van der Waals surface area contributed by atoms with E-state index in [2.05, 4.69) is 10.3 Å². The Morgan fingerprint density at radius 1 is 1.17 bits per heavy atom. The van der Waals surface area contributed by atoms with Gasteiger partial charge in [0.05, 0.1) is 7.11 Å². The van der Waals surface area contributed by atoms with E-state index in [1.807, 2.05) is 0 Å². The molecule has 3 rings (SSSR count). The Labute approximate surface area is 131 Å². The summed E-state index contributed by atoms with van der Waals surface area (Å²) in [5.74, 6) is -1.01. The van der Waals surface area contributed by atoms with E-state index in [1.54, 1.807) is 12.1 Å². The van der Waals surface area contributed by atoms with Crippen LogP contribution >= 0.6 is 0 Å². The van der Waals surface area contributed by atoms with Gasteiger partial charge in [0.15, 0.2) is 11.6 Å². The fraction of sp³-hybridized carbons (Fsp3) is 0.0588. The molecule has 0 spiro atoms. The minimum Gasteiger partial charge on any atom is -0.494 e. The second-order valence-corrected chi connectivity index (χ2v) is 4.85. The maximum atomic E-state index is 13.7. The first kappa shape index (κ1) is 14.9. The average molecular weight is 314 g/mol. The summed E-state index contributed by atoms with van der Waals surface area (Å²) in [5.41, 5.74) is 1.05. The van der Waals surface area contributed by atoms with Gasteiger partial charge in [0, 0.05) is 5.56 Å². The number of methoxy groups -OCH3 is 1. The first-order chi connectivity index (χ1) is 11.1. The summed E-state index contributed by atoms with van der Waals surface area (Å²) in [7, 11) is 1.37. The molecular weight excluding hydrogens is 302 g/mol. The Morgan fingerprint density at radius 3 is 2.70 bits per heavy atom. The van der Waals surface area contributed by atoms with Crippen LogP contribution in [0.3, 0.4) is 0 Å². The first-order valence-corrected chi connectivity index (χ1v) is 6.78. The number of carbonyl (C=O) groups is 1. The topological polar surface area (TPSA) is 50.7 Å². The molecule has 4 nitrogen and oxygen atoms in total. The van der Waals surface area contributed by atoms with Gasteiger partial charge >= 0.3 is 0 Å². The number of nitrogens with one attached hydrogen (secondary N) is 1. The molecule has 0 aliphatic carbocycles. The molecule has 0 aromatic heterocycles. The lowest BCUT2D eigenvalue weighted by Crippen LogP contribution is -2.24. The summed E-state index contributed by atoms with van der Waals surface area (Å²) >= 11 is 0. The average Bonchev–Trinajstić information content (AvgIpc) is 2.89. The molecule has 0 fully saturated rings. The molecule has 0 radical (unpaired) electrons. The van der Waals surface area contributed by atoms with Crippen LogP contribution in [-0.4, -0.2) is 18.9 Å². The molecule has 1 aliphatic heterocycles. The van der Waals surface area contributed by atoms with E-state index >= 15 is 0 Å². The van der Waals surface area contributed by atoms with E-state index in [1.165, 1.54) is 43.5 Å². The minimum atomic E-state index is -0.533. The Hall–Kier alpha value is -3.02. The highest BCUT2D eigenvalue weighted by Crippen LogP contribution is 2.21. The summed E-state index contributed by atoms with van der Waals surface area (Å²) in [4.78, 5) is 16.1. The van der Waals surface area contributed by atoms with Crippen LogP contribution in [0.1, 0.15) is 11.1 Å². The van der Waals surface area contributed by atoms with Crippen molar-refractivity contribution in [3.05, 3.63) is 70.9 Å². The van der Waals surface area contributed by atoms with Gasteiger partial charge in [0.25, 0.3) is 5.91 Å². The molecule has 0 atom stereocenters. The summed E-state index contributed by atoms with van der Waals surface area (Å²) in [5, 5.41) is 2.56. The van der Waals surface area contributed by atoms with Crippen molar-refractivity contribution in [2.24, 2.45) is 4.99 Å². The molecule has 6 heteroatoms. The van der Waals surface area contributed by atoms with Crippen molar-refractivity contribution in [1.82, 2.24) is 5.32 Å². The lowest BCUT2D eigenvalue weighted by molar-refractivity contribution is -0.115. The molecule has 2 aromatic rings. The summed E-state index contributed by atoms with van der Waals surface area (Å²) in [6.07, 6.45) is 1.45. The van der Waals surface area contributed by atoms with Gasteiger partial charge in [-0.15, -0.1) is 0 Å². The minimum absolute atomic E-state index is 0.118. The van der Waals surface area contributed by atoms with Crippen LogP contribution in [0.5, 0.6) is 5.75 Å². The smallest absolute Gasteiger partial charge is 0.275 e. The number of hydrogen-bond acceptors (Lipinski definition) is 3. The maximum Gasteiger partial charge on any atom is 0.275 e. The quantitative estimate of drug-likeness (QED) is 0.886. The molecule has 0 saturated heterocycles. The van der Waals surface area contributed by atoms with Gasteiger partial charge in [-0.1, -0.05) is 18.2 Å². The predicted octanol–water partition coefficient (Wildman–Crippen LogP) is 2.89. The van der Waals surface area contributed by atoms with Crippen molar-refractivity contribution in [3.63, 3.8) is 0 Å². The highest BCUT2D eigenvalue weighted by Gasteiger charge is 2.21. The number of hydrogen-bond donors (Lipinski definition) is 1. The SMILES string of the molecule is COc1ccc(/C=C2/N=C(c3cccc(F)c3)NC2=O)cc1F. The van der Waals surface area contributed by atoms with E-state index in [0.717, 1.165) is 0 Å². The number of aliphatic imine (C=N–C) groups is 1. The lowest BCUT2D eigenvalue weighted by Gasteiger charge is -2.02. The third kappa shape index (κ3) is 3.11. The van der Waals surface area contributed by atoms with E-state index in [4.69, 9.17) is 4.74 Å². The van der Waals surface area contributed by atoms with Gasteiger partial charge in [-0.25, -0.2) is 13.8 Å². The number of amides is 1. The van der Waals surface area contributed by atoms with E-state index in [-0.39, 0.29) is 17.3 Å². The monoisotopic (exact) mass is 314 g/mol. The largest absolute Gasteiger partial charge is 0.494 e. The number of halogens is 2. The summed E-state index contributed by atoms with van der Waals surface area (Å²) < 4.78 is 31.8. The molecule has 0 unspecified atom stereocenters. The molecule has 2 aromatic carbocycles. The van der Waals surface area contributed by atoms with E-state index in [9.17, 15) is 13.6 Å². The molecule has 1 aliphatic rings. The molecule has 23 heavy (non-hydrogen) atoms. The van der Waals surface area contributed by atoms with Crippen molar-refractivity contribution in [2.75, 3.05) is 7.11 Å². The zero-order valence-electron chi connectivity index (χ0n) is 12.1. The maximum absolute atomic E-state index is 13.7. The molecular formula is C17H12F2N2O2. The van der Waals surface area contributed by atoms with Gasteiger partial charge in [0.2, 0.25) is 0 Å². The number of rotatable bonds is 3. The number of amidine groups is 1. The zero-order valence-corrected chi connectivity index (χ0v) is 12.1. The van der Waals surface area contributed by atoms with Crippen molar-refractivity contribution < 1.29 is 18.3 Å². The second kappa shape index (κ2) is 6.00. The fourth-order valence-corrected chi connectivity index (χ4v) is 2.17. The molecule has 1 amide bonds. The third-order valence-corrected chi connectivity index (χ3v) is 3.27. The van der Waals surface area contributed by atoms with E-state index < -0.39 is 17.5 Å². The number of benzene rings is 2. The van der Waals surface area contributed by atoms with Crippen LogP contribution < -0.4 is 10.1 Å². The van der Waals surface area contributed by atoms with Crippen molar-refractivity contribution in [3.8, 4) is 5.75 Å². The number of carbonyl (C=O) groups excluding carboxylic acids is 1. The summed E-state index contributed by atoms with van der Waals surface area (Å²) in [6.45, 7) is 0. The molecule has 0 bridgehead atoms. The van der Waals surface area contributed by atoms with Crippen LogP contribution in [0.2, 0.25) is 0 Å². The van der Waals surface area contributed by atoms with Gasteiger partial charge in [-0.05, 0) is 35.9 Å². The van der Waals surface area contributed by atoms with Gasteiger partial charge < -0.3 is 10.1 Å². The van der Waals surface area contributed by atoms with E-state index in [0.29, 0.717) is 11.1 Å². The number of ether oxygens (including phenoxy) is 1. The van der Waals surface area contributed by atoms with Crippen molar-refractivity contribution in [2.45, 2.75) is 0 Å². The van der Waals surface area contributed by atoms with Crippen LogP contribution in [0.25, 0.3) is 6.08 Å². The zero-order chi connectivity index (χ0) is 16.4. The molecule has 1 heterocycles. The summed E-state index contributed by atoms with van der Waals surface area (Å²) in [6, 6.07) is 10.1. The van der Waals surface area contributed by atoms with Crippen molar-refractivity contribution >= 4 is 17.8 Å². The standard InChI is InChI=1S/C17H12F2N2O2/c1-23-15-6-5-10(7-13(15)19)8-14-17(22)21-16(20-14)11-3-2-4-12(18)9-11/h2-9H,1H3,(H,20,21,22)/b14-8+. The van der Waals surface area contributed by atoms with Crippen LogP contribution in [0, 0.1) is 11.6 Å². The highest BCUT2D eigenvalue weighted by atomic mass is 19.1. The van der Waals surface area contributed by atoms with Crippen LogP contribution in [-0.2, 0) is 4.79 Å². The Kier molecular flexibility index (Phi) is 3.89. The van der Waals surface area contributed by atoms with Gasteiger partial charge in [-0.2, -0.15) is 0 Å². The molecule has 1 N–H and O–H groups in total. The lowest BCUT2D eigenvalue weighted by atomic mass is 10.2. The highest BCUT2D eigenvalue weighted by molar-refractivity contribution is 6.19. The predicted molar refractivity (Wildman–Crippen MR) is 82.0 cm³/mol. The van der Waals surface area contributed by atoms with Gasteiger partial charge in [0.1, 0.15) is 17.3 Å². The van der Waals surface area contributed by atoms with Crippen LogP contribution in [0.4, 0.5) is 8.78 Å².